The number of imidazole rings is 1. The molecule has 4 N–H and O–H groups in total. The largest absolute Gasteiger partial charge is 0.481 e. The highest BCUT2D eigenvalue weighted by molar-refractivity contribution is 5.80. The van der Waals surface area contributed by atoms with Gasteiger partial charge in [-0.2, -0.15) is 0 Å². The van der Waals surface area contributed by atoms with Crippen LogP contribution in [-0.4, -0.2) is 38.4 Å². The number of benzene rings is 1. The van der Waals surface area contributed by atoms with E-state index in [0.29, 0.717) is 38.1 Å². The van der Waals surface area contributed by atoms with Gasteiger partial charge < -0.3 is 20.7 Å². The van der Waals surface area contributed by atoms with Crippen molar-refractivity contribution in [3.63, 3.8) is 0 Å². The SMILES string of the molecule is Cc1ccc2nc(CNC(=O)CCC3(CCC(=O)O)CCC(=O)N3)[nH]c2c1. The van der Waals surface area contributed by atoms with Gasteiger partial charge in [0.25, 0.3) is 0 Å². The molecule has 1 aliphatic heterocycles. The van der Waals surface area contributed by atoms with E-state index in [-0.39, 0.29) is 24.7 Å². The number of hydrogen-bond donors (Lipinski definition) is 4. The smallest absolute Gasteiger partial charge is 0.303 e. The van der Waals surface area contributed by atoms with Crippen molar-refractivity contribution in [2.24, 2.45) is 0 Å². The molecule has 8 heteroatoms. The van der Waals surface area contributed by atoms with E-state index in [1.54, 1.807) is 0 Å². The average molecular weight is 372 g/mol. The molecule has 2 amide bonds. The number of carbonyl (C=O) groups excluding carboxylic acids is 2. The van der Waals surface area contributed by atoms with E-state index in [2.05, 4.69) is 20.6 Å². The van der Waals surface area contributed by atoms with Crippen molar-refractivity contribution in [3.8, 4) is 0 Å². The maximum absolute atomic E-state index is 12.2. The Hall–Kier alpha value is -2.90. The minimum atomic E-state index is -0.903. The summed E-state index contributed by atoms with van der Waals surface area (Å²) in [6.07, 6.45) is 1.90. The first-order valence-corrected chi connectivity index (χ1v) is 9.10. The van der Waals surface area contributed by atoms with Gasteiger partial charge >= 0.3 is 5.97 Å². The number of carboxylic acids is 1. The molecular weight excluding hydrogens is 348 g/mol. The molecule has 0 radical (unpaired) electrons. The molecule has 1 saturated heterocycles. The molecule has 0 spiro atoms. The number of aromatic nitrogens is 2. The Kier molecular flexibility index (Phi) is 5.43. The molecule has 27 heavy (non-hydrogen) atoms. The minimum absolute atomic E-state index is 0.0275. The maximum Gasteiger partial charge on any atom is 0.303 e. The van der Waals surface area contributed by atoms with Gasteiger partial charge in [0, 0.05) is 24.8 Å². The van der Waals surface area contributed by atoms with Gasteiger partial charge in [-0.15, -0.1) is 0 Å². The molecule has 144 valence electrons. The number of carbonyl (C=O) groups is 3. The van der Waals surface area contributed by atoms with Crippen LogP contribution in [0.25, 0.3) is 11.0 Å². The molecule has 2 aromatic rings. The lowest BCUT2D eigenvalue weighted by molar-refractivity contribution is -0.137. The number of fused-ring (bicyclic) bond motifs is 1. The van der Waals surface area contributed by atoms with Gasteiger partial charge in [0.15, 0.2) is 0 Å². The average Bonchev–Trinajstić information content (AvgIpc) is 3.19. The second-order valence-electron chi connectivity index (χ2n) is 7.20. The lowest BCUT2D eigenvalue weighted by Crippen LogP contribution is -2.43. The predicted molar refractivity (Wildman–Crippen MR) is 98.9 cm³/mol. The third-order valence-electron chi connectivity index (χ3n) is 5.02. The Morgan fingerprint density at radius 3 is 2.78 bits per heavy atom. The van der Waals surface area contributed by atoms with Crippen LogP contribution in [0.1, 0.15) is 49.9 Å². The van der Waals surface area contributed by atoms with Crippen LogP contribution < -0.4 is 10.6 Å². The topological polar surface area (TPSA) is 124 Å². The summed E-state index contributed by atoms with van der Waals surface area (Å²) in [6.45, 7) is 2.30. The first kappa shape index (κ1) is 18.9. The fraction of sp³-hybridized carbons (Fsp3) is 0.474. The number of nitrogens with zero attached hydrogens (tertiary/aromatic N) is 1. The molecule has 1 unspecified atom stereocenters. The van der Waals surface area contributed by atoms with Crippen LogP contribution in [0, 0.1) is 6.92 Å². The summed E-state index contributed by atoms with van der Waals surface area (Å²) < 4.78 is 0. The summed E-state index contributed by atoms with van der Waals surface area (Å²) in [5, 5.41) is 14.6. The second-order valence-corrected chi connectivity index (χ2v) is 7.20. The van der Waals surface area contributed by atoms with Gasteiger partial charge in [0.2, 0.25) is 11.8 Å². The van der Waals surface area contributed by atoms with Gasteiger partial charge in [0.1, 0.15) is 5.82 Å². The maximum atomic E-state index is 12.2. The number of aryl methyl sites for hydroxylation is 1. The Labute approximate surface area is 156 Å². The normalized spacial score (nSPS) is 19.2. The van der Waals surface area contributed by atoms with Gasteiger partial charge in [-0.05, 0) is 43.9 Å². The Morgan fingerprint density at radius 1 is 1.30 bits per heavy atom. The highest BCUT2D eigenvalue weighted by Gasteiger charge is 2.37. The van der Waals surface area contributed by atoms with E-state index in [4.69, 9.17) is 5.11 Å². The van der Waals surface area contributed by atoms with Gasteiger partial charge in [-0.1, -0.05) is 6.07 Å². The summed E-state index contributed by atoms with van der Waals surface area (Å²) in [6, 6.07) is 5.92. The van der Waals surface area contributed by atoms with Crippen LogP contribution >= 0.6 is 0 Å². The highest BCUT2D eigenvalue weighted by Crippen LogP contribution is 2.30. The zero-order chi connectivity index (χ0) is 19.4. The van der Waals surface area contributed by atoms with E-state index >= 15 is 0 Å². The molecule has 2 heterocycles. The molecule has 8 nitrogen and oxygen atoms in total. The van der Waals surface area contributed by atoms with Crippen molar-refractivity contribution in [1.29, 1.82) is 0 Å². The third kappa shape index (κ3) is 4.84. The monoisotopic (exact) mass is 372 g/mol. The van der Waals surface area contributed by atoms with Crippen LogP contribution in [0.4, 0.5) is 0 Å². The van der Waals surface area contributed by atoms with Gasteiger partial charge in [-0.25, -0.2) is 4.98 Å². The molecule has 0 saturated carbocycles. The first-order chi connectivity index (χ1) is 12.8. The molecule has 1 atom stereocenters. The standard InChI is InChI=1S/C19H24N4O4/c1-12-2-3-13-14(10-12)22-15(21-13)11-20-16(24)4-7-19(9-6-18(26)27)8-5-17(25)23-19/h2-3,10H,4-9,11H2,1H3,(H,20,24)(H,21,22)(H,23,25)(H,26,27). The lowest BCUT2D eigenvalue weighted by Gasteiger charge is -2.28. The van der Waals surface area contributed by atoms with Crippen molar-refractivity contribution in [2.45, 2.75) is 57.5 Å². The van der Waals surface area contributed by atoms with Crippen molar-refractivity contribution < 1.29 is 19.5 Å². The van der Waals surface area contributed by atoms with E-state index in [1.807, 2.05) is 25.1 Å². The van der Waals surface area contributed by atoms with Crippen LogP contribution in [0.15, 0.2) is 18.2 Å². The summed E-state index contributed by atoms with van der Waals surface area (Å²) in [4.78, 5) is 42.3. The van der Waals surface area contributed by atoms with Gasteiger partial charge in [0.05, 0.1) is 17.6 Å². The number of carboxylic acid groups (broad SMARTS) is 1. The number of nitrogens with one attached hydrogen (secondary N) is 3. The molecule has 0 aliphatic carbocycles. The number of rotatable bonds is 8. The predicted octanol–water partition coefficient (Wildman–Crippen LogP) is 1.78. The molecule has 1 aromatic carbocycles. The third-order valence-corrected chi connectivity index (χ3v) is 5.02. The number of H-pyrrole nitrogens is 1. The molecule has 3 rings (SSSR count). The van der Waals surface area contributed by atoms with Crippen molar-refractivity contribution in [1.82, 2.24) is 20.6 Å². The molecular formula is C19H24N4O4. The van der Waals surface area contributed by atoms with Crippen LogP contribution in [0.2, 0.25) is 0 Å². The molecule has 1 aromatic heterocycles. The number of hydrogen-bond acceptors (Lipinski definition) is 4. The first-order valence-electron chi connectivity index (χ1n) is 9.10. The van der Waals surface area contributed by atoms with Gasteiger partial charge in [-0.3, -0.25) is 14.4 Å². The van der Waals surface area contributed by atoms with Crippen LogP contribution in [0.5, 0.6) is 0 Å². The summed E-state index contributed by atoms with van der Waals surface area (Å²) in [5.41, 5.74) is 2.32. The number of aliphatic carboxylic acids is 1. The van der Waals surface area contributed by atoms with Crippen molar-refractivity contribution in [2.75, 3.05) is 0 Å². The van der Waals surface area contributed by atoms with E-state index < -0.39 is 11.5 Å². The van der Waals surface area contributed by atoms with Crippen molar-refractivity contribution in [3.05, 3.63) is 29.6 Å². The Morgan fingerprint density at radius 2 is 2.07 bits per heavy atom. The number of amides is 2. The van der Waals surface area contributed by atoms with E-state index in [0.717, 1.165) is 16.6 Å². The number of aromatic amines is 1. The molecule has 1 fully saturated rings. The Bertz CT molecular complexity index is 876. The fourth-order valence-corrected chi connectivity index (χ4v) is 3.50. The summed E-state index contributed by atoms with van der Waals surface area (Å²) >= 11 is 0. The highest BCUT2D eigenvalue weighted by atomic mass is 16.4. The van der Waals surface area contributed by atoms with Crippen molar-refractivity contribution >= 4 is 28.8 Å². The molecule has 1 aliphatic rings. The Balaban J connectivity index is 1.53. The zero-order valence-corrected chi connectivity index (χ0v) is 15.3. The zero-order valence-electron chi connectivity index (χ0n) is 15.3. The minimum Gasteiger partial charge on any atom is -0.481 e. The van der Waals surface area contributed by atoms with Crippen LogP contribution in [-0.2, 0) is 20.9 Å². The molecule has 0 bridgehead atoms. The van der Waals surface area contributed by atoms with E-state index in [1.165, 1.54) is 0 Å². The lowest BCUT2D eigenvalue weighted by atomic mass is 9.86. The summed E-state index contributed by atoms with van der Waals surface area (Å²) in [7, 11) is 0. The fourth-order valence-electron chi connectivity index (χ4n) is 3.50. The summed E-state index contributed by atoms with van der Waals surface area (Å²) in [5.74, 6) is -0.459. The quantitative estimate of drug-likeness (QED) is 0.562. The second kappa shape index (κ2) is 7.77. The van der Waals surface area contributed by atoms with Crippen LogP contribution in [0.3, 0.4) is 0 Å². The van der Waals surface area contributed by atoms with E-state index in [9.17, 15) is 14.4 Å².